The van der Waals surface area contributed by atoms with Crippen LogP contribution in [0.5, 0.6) is 28.7 Å². The number of Topliss-reactive ketones (excluding diaryl/α,β-unsaturated/α-hetero) is 1. The van der Waals surface area contributed by atoms with Crippen LogP contribution in [0.15, 0.2) is 47.5 Å². The lowest BCUT2D eigenvalue weighted by molar-refractivity contribution is -0.132. The van der Waals surface area contributed by atoms with Crippen LogP contribution in [0.25, 0.3) is 5.76 Å². The highest BCUT2D eigenvalue weighted by molar-refractivity contribution is 7.14. The number of aliphatic hydroxyl groups excluding tert-OH is 1. The second kappa shape index (κ2) is 9.42. The molecule has 1 saturated heterocycles. The van der Waals surface area contributed by atoms with Crippen LogP contribution in [-0.2, 0) is 9.59 Å². The van der Waals surface area contributed by atoms with Gasteiger partial charge in [0.05, 0.1) is 32.9 Å². The second-order valence-corrected chi connectivity index (χ2v) is 8.67. The van der Waals surface area contributed by atoms with Crippen LogP contribution in [0.3, 0.4) is 0 Å². The summed E-state index contributed by atoms with van der Waals surface area (Å²) in [7, 11) is 4.41. The van der Waals surface area contributed by atoms with Crippen LogP contribution in [0, 0.1) is 0 Å². The molecule has 0 radical (unpaired) electrons. The fourth-order valence-electron chi connectivity index (χ4n) is 4.29. The van der Waals surface area contributed by atoms with Crippen molar-refractivity contribution in [2.45, 2.75) is 6.04 Å². The van der Waals surface area contributed by atoms with Crippen LogP contribution in [0.4, 0.5) is 5.13 Å². The van der Waals surface area contributed by atoms with Crippen molar-refractivity contribution in [1.82, 2.24) is 4.98 Å². The van der Waals surface area contributed by atoms with E-state index in [1.807, 2.05) is 0 Å². The van der Waals surface area contributed by atoms with E-state index in [0.717, 1.165) is 0 Å². The number of carbonyl (C=O) groups is 2. The molecule has 0 saturated carbocycles. The molecule has 3 aromatic rings. The molecule has 5 rings (SSSR count). The van der Waals surface area contributed by atoms with Crippen molar-refractivity contribution in [2.24, 2.45) is 0 Å². The molecule has 1 unspecified atom stereocenters. The Hall–Kier alpha value is -4.25. The number of ketones is 1. The lowest BCUT2D eigenvalue weighted by Gasteiger charge is -2.25. The molecule has 1 aromatic heterocycles. The molecule has 2 aliphatic heterocycles. The summed E-state index contributed by atoms with van der Waals surface area (Å²) in [6.45, 7) is 0.773. The van der Waals surface area contributed by atoms with E-state index in [2.05, 4.69) is 4.98 Å². The molecule has 0 bridgehead atoms. The zero-order valence-corrected chi connectivity index (χ0v) is 20.5. The third-order valence-electron chi connectivity index (χ3n) is 5.89. The number of nitrogens with zero attached hydrogens (tertiary/aromatic N) is 2. The van der Waals surface area contributed by atoms with Gasteiger partial charge in [-0.1, -0.05) is 0 Å². The van der Waals surface area contributed by atoms with E-state index in [0.29, 0.717) is 58.2 Å². The van der Waals surface area contributed by atoms with Crippen LogP contribution in [0.1, 0.15) is 17.2 Å². The lowest BCUT2D eigenvalue weighted by atomic mass is 9.94. The van der Waals surface area contributed by atoms with E-state index >= 15 is 0 Å². The number of amides is 1. The number of rotatable bonds is 6. The Morgan fingerprint density at radius 2 is 1.72 bits per heavy atom. The minimum Gasteiger partial charge on any atom is -0.507 e. The molecule has 1 fully saturated rings. The van der Waals surface area contributed by atoms with Crippen molar-refractivity contribution in [1.29, 1.82) is 0 Å². The highest BCUT2D eigenvalue weighted by Gasteiger charge is 2.48. The topological polar surface area (TPSA) is 117 Å². The molecule has 36 heavy (non-hydrogen) atoms. The Bertz CT molecular complexity index is 1340. The largest absolute Gasteiger partial charge is 0.507 e. The number of thiazole rings is 1. The number of ether oxygens (including phenoxy) is 5. The van der Waals surface area contributed by atoms with Gasteiger partial charge in [-0.25, -0.2) is 4.98 Å². The first kappa shape index (κ1) is 23.5. The number of anilines is 1. The Labute approximate surface area is 210 Å². The van der Waals surface area contributed by atoms with Gasteiger partial charge in [0.2, 0.25) is 5.75 Å². The maximum absolute atomic E-state index is 13.4. The lowest BCUT2D eigenvalue weighted by Crippen LogP contribution is -2.29. The van der Waals surface area contributed by atoms with Crippen LogP contribution in [0.2, 0.25) is 0 Å². The second-order valence-electron chi connectivity index (χ2n) is 7.80. The fraction of sp³-hybridized carbons (Fsp3) is 0.240. The maximum atomic E-state index is 13.4. The van der Waals surface area contributed by atoms with Crippen molar-refractivity contribution in [2.75, 3.05) is 39.4 Å². The Balaban J connectivity index is 1.73. The van der Waals surface area contributed by atoms with Crippen molar-refractivity contribution in [3.05, 3.63) is 58.6 Å². The molecular weight excluding hydrogens is 488 g/mol. The Morgan fingerprint density at radius 1 is 1.03 bits per heavy atom. The van der Waals surface area contributed by atoms with E-state index in [4.69, 9.17) is 23.7 Å². The monoisotopic (exact) mass is 510 g/mol. The first-order chi connectivity index (χ1) is 17.5. The van der Waals surface area contributed by atoms with Gasteiger partial charge >= 0.3 is 5.91 Å². The van der Waals surface area contributed by atoms with Crippen molar-refractivity contribution in [3.8, 4) is 28.7 Å². The Morgan fingerprint density at radius 3 is 2.33 bits per heavy atom. The van der Waals surface area contributed by atoms with Crippen LogP contribution < -0.4 is 28.6 Å². The molecule has 11 heteroatoms. The van der Waals surface area contributed by atoms with E-state index in [1.54, 1.807) is 35.7 Å². The molecule has 186 valence electrons. The summed E-state index contributed by atoms with van der Waals surface area (Å²) in [6, 6.07) is 7.08. The minimum absolute atomic E-state index is 0.110. The number of fused-ring (bicyclic) bond motifs is 1. The van der Waals surface area contributed by atoms with E-state index in [-0.39, 0.29) is 11.3 Å². The third-order valence-corrected chi connectivity index (χ3v) is 6.66. The number of hydrogen-bond acceptors (Lipinski definition) is 10. The quantitative estimate of drug-likeness (QED) is 0.302. The molecule has 2 aliphatic rings. The summed E-state index contributed by atoms with van der Waals surface area (Å²) in [5, 5.41) is 13.4. The SMILES string of the molecule is COc1cc(C2/C(=C(\O)c3ccc4c(c3)OCCO4)C(=O)C(=O)N2c2nccs2)cc(OC)c1OC. The zero-order valence-electron chi connectivity index (χ0n) is 19.6. The molecule has 1 N–H and O–H groups in total. The fourth-order valence-corrected chi connectivity index (χ4v) is 4.95. The summed E-state index contributed by atoms with van der Waals surface area (Å²) in [4.78, 5) is 32.1. The van der Waals surface area contributed by atoms with Crippen LogP contribution in [-0.4, -0.2) is 56.3 Å². The average molecular weight is 511 g/mol. The van der Waals surface area contributed by atoms with Gasteiger partial charge in [0, 0.05) is 17.1 Å². The summed E-state index contributed by atoms with van der Waals surface area (Å²) in [5.41, 5.74) is 0.646. The number of hydrogen-bond donors (Lipinski definition) is 1. The molecule has 1 amide bonds. The third kappa shape index (κ3) is 3.77. The van der Waals surface area contributed by atoms with E-state index in [1.165, 1.54) is 43.8 Å². The van der Waals surface area contributed by atoms with E-state index < -0.39 is 17.7 Å². The zero-order chi connectivity index (χ0) is 25.4. The number of benzene rings is 2. The summed E-state index contributed by atoms with van der Waals surface area (Å²) < 4.78 is 27.6. The smallest absolute Gasteiger partial charge is 0.301 e. The van der Waals surface area contributed by atoms with Gasteiger partial charge in [0.15, 0.2) is 28.1 Å². The number of aliphatic hydroxyl groups is 1. The predicted molar refractivity (Wildman–Crippen MR) is 130 cm³/mol. The summed E-state index contributed by atoms with van der Waals surface area (Å²) in [6.07, 6.45) is 1.53. The first-order valence-electron chi connectivity index (χ1n) is 10.9. The van der Waals surface area contributed by atoms with Gasteiger partial charge in [-0.05, 0) is 35.9 Å². The molecule has 0 aliphatic carbocycles. The van der Waals surface area contributed by atoms with Gasteiger partial charge in [-0.15, -0.1) is 11.3 Å². The van der Waals surface area contributed by atoms with Crippen LogP contribution >= 0.6 is 11.3 Å². The molecule has 1 atom stereocenters. The van der Waals surface area contributed by atoms with Gasteiger partial charge in [0.1, 0.15) is 19.0 Å². The molecule has 2 aromatic carbocycles. The first-order valence-corrected chi connectivity index (χ1v) is 11.8. The number of carbonyl (C=O) groups excluding carboxylic acids is 2. The minimum atomic E-state index is -1.02. The Kier molecular flexibility index (Phi) is 6.15. The highest BCUT2D eigenvalue weighted by Crippen LogP contribution is 2.47. The average Bonchev–Trinajstić information content (AvgIpc) is 3.53. The molecular formula is C25H22N2O8S. The standard InChI is InChI=1S/C25H22N2O8S/c1-31-17-11-14(12-18(32-2)23(17)33-3)20-19(22(29)24(30)27(20)25-26-6-9-36-25)21(28)13-4-5-15-16(10-13)35-8-7-34-15/h4-6,9-12,20,28H,7-8H2,1-3H3/b21-19+. The van der Waals surface area contributed by atoms with Crippen molar-refractivity contribution < 1.29 is 38.4 Å². The molecule has 0 spiro atoms. The normalized spacial score (nSPS) is 18.3. The van der Waals surface area contributed by atoms with Gasteiger partial charge in [0.25, 0.3) is 5.78 Å². The van der Waals surface area contributed by atoms with Gasteiger partial charge in [-0.3, -0.25) is 14.5 Å². The van der Waals surface area contributed by atoms with Crippen molar-refractivity contribution >= 4 is 33.9 Å². The van der Waals surface area contributed by atoms with Crippen molar-refractivity contribution in [3.63, 3.8) is 0 Å². The highest BCUT2D eigenvalue weighted by atomic mass is 32.1. The predicted octanol–water partition coefficient (Wildman–Crippen LogP) is 3.57. The summed E-state index contributed by atoms with van der Waals surface area (Å²) >= 11 is 1.19. The maximum Gasteiger partial charge on any atom is 0.301 e. The van der Waals surface area contributed by atoms with Gasteiger partial charge in [-0.2, -0.15) is 0 Å². The summed E-state index contributed by atoms with van der Waals surface area (Å²) in [5.74, 6) is -0.0538. The van der Waals surface area contributed by atoms with E-state index in [9.17, 15) is 14.7 Å². The molecule has 10 nitrogen and oxygen atoms in total. The molecule has 3 heterocycles. The van der Waals surface area contributed by atoms with Gasteiger partial charge < -0.3 is 28.8 Å². The number of methoxy groups -OCH3 is 3. The number of aromatic nitrogens is 1.